The Kier molecular flexibility index (Phi) is 4.06. The minimum Gasteiger partial charge on any atom is -0.253 e. The first-order valence-corrected chi connectivity index (χ1v) is 7.72. The molecule has 110 valence electrons. The van der Waals surface area contributed by atoms with Crippen LogP contribution in [0.1, 0.15) is 38.3 Å². The van der Waals surface area contributed by atoms with Crippen LogP contribution in [0.2, 0.25) is 0 Å². The average Bonchev–Trinajstić information content (AvgIpc) is 2.87. The van der Waals surface area contributed by atoms with Crippen molar-refractivity contribution in [3.8, 4) is 0 Å². The second-order valence-corrected chi connectivity index (χ2v) is 5.91. The van der Waals surface area contributed by atoms with Crippen molar-refractivity contribution in [3.63, 3.8) is 0 Å². The van der Waals surface area contributed by atoms with Gasteiger partial charge in [0.25, 0.3) is 0 Å². The first-order chi connectivity index (χ1) is 10.6. The van der Waals surface area contributed by atoms with E-state index in [0.29, 0.717) is 0 Å². The van der Waals surface area contributed by atoms with Gasteiger partial charge in [-0.15, -0.1) is 0 Å². The number of aliphatic imine (C=N–C) groups is 1. The summed E-state index contributed by atoms with van der Waals surface area (Å²) in [6.07, 6.45) is 3.33. The number of rotatable bonds is 3. The number of hydrogen-bond acceptors (Lipinski definition) is 1. The predicted molar refractivity (Wildman–Crippen MR) is 95.7 cm³/mol. The van der Waals surface area contributed by atoms with Crippen molar-refractivity contribution in [1.29, 1.82) is 0 Å². The molecule has 0 saturated carbocycles. The first-order valence-electron chi connectivity index (χ1n) is 7.72. The van der Waals surface area contributed by atoms with Gasteiger partial charge in [-0.25, -0.2) is 0 Å². The maximum Gasteiger partial charge on any atom is 0.0633 e. The van der Waals surface area contributed by atoms with Gasteiger partial charge in [-0.2, -0.15) is 0 Å². The molecule has 0 bridgehead atoms. The molecule has 0 unspecified atom stereocenters. The van der Waals surface area contributed by atoms with Crippen LogP contribution < -0.4 is 0 Å². The van der Waals surface area contributed by atoms with E-state index in [-0.39, 0.29) is 0 Å². The van der Waals surface area contributed by atoms with E-state index < -0.39 is 0 Å². The van der Waals surface area contributed by atoms with Gasteiger partial charge in [0.15, 0.2) is 0 Å². The van der Waals surface area contributed by atoms with Crippen molar-refractivity contribution in [2.24, 2.45) is 4.99 Å². The summed E-state index contributed by atoms with van der Waals surface area (Å²) in [4.78, 5) is 4.78. The molecule has 0 heterocycles. The molecule has 2 aromatic carbocycles. The Balaban J connectivity index is 2.03. The number of hydrogen-bond donors (Lipinski definition) is 0. The van der Waals surface area contributed by atoms with Crippen LogP contribution in [-0.2, 0) is 0 Å². The molecular weight excluding hydrogens is 266 g/mol. The maximum atomic E-state index is 4.78. The Labute approximate surface area is 132 Å². The highest BCUT2D eigenvalue weighted by atomic mass is 14.7. The van der Waals surface area contributed by atoms with Gasteiger partial charge in [-0.1, -0.05) is 54.1 Å². The molecule has 0 N–H and O–H groups in total. The Hall–Kier alpha value is -2.41. The lowest BCUT2D eigenvalue weighted by molar-refractivity contribution is 1.26. The SMILES string of the molecule is CC1=CC(C)=C(c2ccccc2C(C)=Nc2ccccc2)C1. The van der Waals surface area contributed by atoms with Gasteiger partial charge in [-0.05, 0) is 56.0 Å². The Morgan fingerprint density at radius 1 is 0.909 bits per heavy atom. The van der Waals surface area contributed by atoms with Crippen LogP contribution in [0.15, 0.2) is 76.8 Å². The molecule has 0 aromatic heterocycles. The zero-order valence-corrected chi connectivity index (χ0v) is 13.4. The van der Waals surface area contributed by atoms with Crippen molar-refractivity contribution in [1.82, 2.24) is 0 Å². The molecule has 1 nitrogen and oxygen atoms in total. The molecule has 0 aliphatic heterocycles. The van der Waals surface area contributed by atoms with Crippen LogP contribution in [0.3, 0.4) is 0 Å². The summed E-state index contributed by atoms with van der Waals surface area (Å²) in [6, 6.07) is 18.7. The molecule has 0 fully saturated rings. The lowest BCUT2D eigenvalue weighted by Crippen LogP contribution is -2.00. The minimum atomic E-state index is 1.00. The second-order valence-electron chi connectivity index (χ2n) is 5.91. The summed E-state index contributed by atoms with van der Waals surface area (Å²) in [6.45, 7) is 6.49. The Morgan fingerprint density at radius 3 is 2.27 bits per heavy atom. The van der Waals surface area contributed by atoms with Crippen molar-refractivity contribution >= 4 is 17.0 Å². The van der Waals surface area contributed by atoms with Gasteiger partial charge in [0.1, 0.15) is 0 Å². The summed E-state index contributed by atoms with van der Waals surface area (Å²) in [5, 5.41) is 0. The average molecular weight is 287 g/mol. The van der Waals surface area contributed by atoms with Crippen molar-refractivity contribution in [3.05, 3.63) is 82.9 Å². The predicted octanol–water partition coefficient (Wildman–Crippen LogP) is 5.95. The molecular formula is C21H21N. The van der Waals surface area contributed by atoms with Gasteiger partial charge >= 0.3 is 0 Å². The van der Waals surface area contributed by atoms with Gasteiger partial charge < -0.3 is 0 Å². The van der Waals surface area contributed by atoms with E-state index in [1.54, 1.807) is 0 Å². The van der Waals surface area contributed by atoms with Crippen LogP contribution in [0.5, 0.6) is 0 Å². The van der Waals surface area contributed by atoms with Gasteiger partial charge in [0, 0.05) is 11.3 Å². The van der Waals surface area contributed by atoms with E-state index in [1.165, 1.54) is 27.8 Å². The fourth-order valence-electron chi connectivity index (χ4n) is 3.05. The quantitative estimate of drug-likeness (QED) is 0.618. The molecule has 0 radical (unpaired) electrons. The van der Waals surface area contributed by atoms with Gasteiger partial charge in [-0.3, -0.25) is 4.99 Å². The minimum absolute atomic E-state index is 1.00. The van der Waals surface area contributed by atoms with Crippen molar-refractivity contribution in [2.45, 2.75) is 27.2 Å². The smallest absolute Gasteiger partial charge is 0.0633 e. The zero-order valence-electron chi connectivity index (χ0n) is 13.4. The molecule has 0 atom stereocenters. The van der Waals surface area contributed by atoms with Gasteiger partial charge in [0.05, 0.1) is 5.69 Å². The fourth-order valence-corrected chi connectivity index (χ4v) is 3.05. The molecule has 0 saturated heterocycles. The summed E-state index contributed by atoms with van der Waals surface area (Å²) < 4.78 is 0. The molecule has 1 aliphatic carbocycles. The van der Waals surface area contributed by atoms with E-state index in [0.717, 1.165) is 17.8 Å². The lowest BCUT2D eigenvalue weighted by Gasteiger charge is -2.12. The molecule has 2 aromatic rings. The number of para-hydroxylation sites is 1. The first kappa shape index (κ1) is 14.5. The highest BCUT2D eigenvalue weighted by molar-refractivity contribution is 6.04. The summed E-state index contributed by atoms with van der Waals surface area (Å²) in [5.41, 5.74) is 8.83. The second kappa shape index (κ2) is 6.15. The number of allylic oxidation sites excluding steroid dienone is 4. The van der Waals surface area contributed by atoms with Crippen LogP contribution >= 0.6 is 0 Å². The van der Waals surface area contributed by atoms with Crippen LogP contribution in [-0.4, -0.2) is 5.71 Å². The fraction of sp³-hybridized carbons (Fsp3) is 0.190. The summed E-state index contributed by atoms with van der Waals surface area (Å²) in [7, 11) is 0. The lowest BCUT2D eigenvalue weighted by atomic mass is 9.94. The molecule has 3 rings (SSSR count). The Bertz CT molecular complexity index is 777. The third-order valence-corrected chi connectivity index (χ3v) is 4.09. The van der Waals surface area contributed by atoms with Crippen LogP contribution in [0, 0.1) is 0 Å². The van der Waals surface area contributed by atoms with E-state index in [1.807, 2.05) is 30.3 Å². The zero-order chi connectivity index (χ0) is 15.5. The third-order valence-electron chi connectivity index (χ3n) is 4.09. The summed E-state index contributed by atoms with van der Waals surface area (Å²) in [5.74, 6) is 0. The largest absolute Gasteiger partial charge is 0.253 e. The summed E-state index contributed by atoms with van der Waals surface area (Å²) >= 11 is 0. The normalized spacial score (nSPS) is 15.2. The highest BCUT2D eigenvalue weighted by Crippen LogP contribution is 2.34. The van der Waals surface area contributed by atoms with E-state index in [9.17, 15) is 0 Å². The Morgan fingerprint density at radius 2 is 1.59 bits per heavy atom. The molecule has 0 amide bonds. The highest BCUT2D eigenvalue weighted by Gasteiger charge is 2.16. The number of benzene rings is 2. The van der Waals surface area contributed by atoms with Crippen LogP contribution in [0.25, 0.3) is 5.57 Å². The maximum absolute atomic E-state index is 4.78. The van der Waals surface area contributed by atoms with E-state index >= 15 is 0 Å². The molecule has 22 heavy (non-hydrogen) atoms. The standard InChI is InChI=1S/C21H21N/c1-15-13-16(2)21(14-15)20-12-8-7-11-19(20)17(3)22-18-9-5-4-6-10-18/h4-13H,14H2,1-3H3. The third kappa shape index (κ3) is 2.94. The van der Waals surface area contributed by atoms with Crippen LogP contribution in [0.4, 0.5) is 5.69 Å². The monoisotopic (exact) mass is 287 g/mol. The van der Waals surface area contributed by atoms with Crippen molar-refractivity contribution < 1.29 is 0 Å². The van der Waals surface area contributed by atoms with Crippen molar-refractivity contribution in [2.75, 3.05) is 0 Å². The van der Waals surface area contributed by atoms with E-state index in [2.05, 4.69) is 51.1 Å². The van der Waals surface area contributed by atoms with Gasteiger partial charge in [0.2, 0.25) is 0 Å². The molecule has 1 aliphatic rings. The molecule has 1 heteroatoms. The van der Waals surface area contributed by atoms with E-state index in [4.69, 9.17) is 4.99 Å². The molecule has 0 spiro atoms. The number of nitrogens with zero attached hydrogens (tertiary/aromatic N) is 1. The topological polar surface area (TPSA) is 12.4 Å².